The van der Waals surface area contributed by atoms with Crippen molar-refractivity contribution in [3.8, 4) is 5.88 Å². The molecule has 2 heterocycles. The Kier molecular flexibility index (Phi) is 3.99. The van der Waals surface area contributed by atoms with Crippen LogP contribution in [0.1, 0.15) is 29.9 Å². The molecule has 1 aliphatic rings. The fraction of sp³-hybridized carbons (Fsp3) is 0.615. The molecule has 0 N–H and O–H groups in total. The van der Waals surface area contributed by atoms with Crippen molar-refractivity contribution < 1.29 is 17.9 Å². The van der Waals surface area contributed by atoms with Crippen molar-refractivity contribution in [1.82, 2.24) is 9.88 Å². The molecular formula is C13H17F3N2O. The Labute approximate surface area is 110 Å². The second-order valence-electron chi connectivity index (χ2n) is 4.91. The fourth-order valence-corrected chi connectivity index (χ4v) is 2.55. The molecule has 1 saturated heterocycles. The number of likely N-dealkylation sites (tertiary alicyclic amines) is 1. The largest absolute Gasteiger partial charge is 0.481 e. The van der Waals surface area contributed by atoms with E-state index in [4.69, 9.17) is 4.74 Å². The zero-order valence-electron chi connectivity index (χ0n) is 11.0. The molecule has 2 rings (SSSR count). The monoisotopic (exact) mass is 274 g/mol. The van der Waals surface area contributed by atoms with Gasteiger partial charge in [-0.3, -0.25) is 0 Å². The fourth-order valence-electron chi connectivity index (χ4n) is 2.55. The third kappa shape index (κ3) is 3.18. The summed E-state index contributed by atoms with van der Waals surface area (Å²) in [6, 6.07) is 0.990. The van der Waals surface area contributed by atoms with E-state index in [9.17, 15) is 13.2 Å². The third-order valence-corrected chi connectivity index (χ3v) is 3.49. The first-order valence-corrected chi connectivity index (χ1v) is 6.21. The molecule has 0 amide bonds. The number of nitrogens with zero attached hydrogens (tertiary/aromatic N) is 2. The molecule has 0 spiro atoms. The molecule has 3 nitrogen and oxygen atoms in total. The summed E-state index contributed by atoms with van der Waals surface area (Å²) in [6.07, 6.45) is -1.39. The Hall–Kier alpha value is -1.30. The van der Waals surface area contributed by atoms with Crippen molar-refractivity contribution in [2.24, 2.45) is 0 Å². The van der Waals surface area contributed by atoms with Gasteiger partial charge in [0.05, 0.1) is 12.7 Å². The minimum Gasteiger partial charge on any atom is -0.481 e. The lowest BCUT2D eigenvalue weighted by Crippen LogP contribution is -2.32. The van der Waals surface area contributed by atoms with Gasteiger partial charge in [-0.05, 0) is 37.9 Å². The maximum Gasteiger partial charge on any atom is 0.416 e. The quantitative estimate of drug-likeness (QED) is 0.829. The van der Waals surface area contributed by atoms with Crippen molar-refractivity contribution in [2.45, 2.75) is 24.9 Å². The number of rotatable bonds is 2. The van der Waals surface area contributed by atoms with Crippen LogP contribution in [0.5, 0.6) is 5.88 Å². The number of hydrogen-bond acceptors (Lipinski definition) is 3. The number of halogens is 3. The summed E-state index contributed by atoms with van der Waals surface area (Å²) < 4.78 is 44.2. The third-order valence-electron chi connectivity index (χ3n) is 3.49. The molecule has 19 heavy (non-hydrogen) atoms. The molecule has 1 fully saturated rings. The van der Waals surface area contributed by atoms with Crippen LogP contribution < -0.4 is 4.74 Å². The summed E-state index contributed by atoms with van der Waals surface area (Å²) in [6.45, 7) is 1.57. The number of alkyl halides is 3. The zero-order valence-corrected chi connectivity index (χ0v) is 11.0. The summed E-state index contributed by atoms with van der Waals surface area (Å²) in [5.41, 5.74) is -0.348. The second kappa shape index (κ2) is 5.36. The van der Waals surface area contributed by atoms with Gasteiger partial charge in [0.15, 0.2) is 0 Å². The summed E-state index contributed by atoms with van der Waals surface area (Å²) in [7, 11) is 3.24. The van der Waals surface area contributed by atoms with Crippen LogP contribution in [-0.2, 0) is 6.18 Å². The van der Waals surface area contributed by atoms with Crippen LogP contribution in [0.15, 0.2) is 12.3 Å². The number of aromatic nitrogens is 1. The predicted molar refractivity (Wildman–Crippen MR) is 65.3 cm³/mol. The van der Waals surface area contributed by atoms with Crippen LogP contribution in [0.3, 0.4) is 0 Å². The van der Waals surface area contributed by atoms with Gasteiger partial charge in [0.25, 0.3) is 0 Å². The van der Waals surface area contributed by atoms with E-state index in [0.29, 0.717) is 6.54 Å². The van der Waals surface area contributed by atoms with Gasteiger partial charge in [-0.25, -0.2) is 4.98 Å². The highest BCUT2D eigenvalue weighted by atomic mass is 19.4. The summed E-state index contributed by atoms with van der Waals surface area (Å²) >= 11 is 0. The number of ether oxygens (including phenoxy) is 1. The van der Waals surface area contributed by atoms with Crippen LogP contribution in [0, 0.1) is 0 Å². The molecule has 106 valence electrons. The van der Waals surface area contributed by atoms with Crippen LogP contribution in [-0.4, -0.2) is 37.1 Å². The molecular weight excluding hydrogens is 257 g/mol. The Morgan fingerprint density at radius 1 is 1.42 bits per heavy atom. The highest BCUT2D eigenvalue weighted by Crippen LogP contribution is 2.38. The molecule has 0 radical (unpaired) electrons. The molecule has 0 saturated carbocycles. The van der Waals surface area contributed by atoms with Gasteiger partial charge in [0, 0.05) is 18.8 Å². The SMILES string of the molecule is COc1cc(C(F)(F)F)c(C2CCCN(C)C2)cn1. The average Bonchev–Trinajstić information content (AvgIpc) is 2.37. The molecule has 1 atom stereocenters. The molecule has 6 heteroatoms. The lowest BCUT2D eigenvalue weighted by Gasteiger charge is -2.31. The standard InChI is InChI=1S/C13H17F3N2O/c1-18-5-3-4-9(8-18)10-7-17-12(19-2)6-11(10)13(14,15)16/h6-7,9H,3-5,8H2,1-2H3. The van der Waals surface area contributed by atoms with E-state index in [1.807, 2.05) is 7.05 Å². The number of pyridine rings is 1. The average molecular weight is 274 g/mol. The van der Waals surface area contributed by atoms with Crippen LogP contribution in [0.2, 0.25) is 0 Å². The first-order valence-electron chi connectivity index (χ1n) is 6.21. The van der Waals surface area contributed by atoms with Gasteiger partial charge >= 0.3 is 6.18 Å². The molecule has 1 unspecified atom stereocenters. The zero-order chi connectivity index (χ0) is 14.0. The van der Waals surface area contributed by atoms with Crippen molar-refractivity contribution in [1.29, 1.82) is 0 Å². The lowest BCUT2D eigenvalue weighted by atomic mass is 9.89. The van der Waals surface area contributed by atoms with E-state index in [0.717, 1.165) is 25.5 Å². The van der Waals surface area contributed by atoms with Crippen molar-refractivity contribution in [2.75, 3.05) is 27.2 Å². The van der Waals surface area contributed by atoms with Gasteiger partial charge in [0.1, 0.15) is 0 Å². The number of likely N-dealkylation sites (N-methyl/N-ethyl adjacent to an activating group) is 1. The Morgan fingerprint density at radius 2 is 2.16 bits per heavy atom. The molecule has 1 aliphatic heterocycles. The van der Waals surface area contributed by atoms with Gasteiger partial charge in [-0.2, -0.15) is 13.2 Å². The van der Waals surface area contributed by atoms with E-state index in [-0.39, 0.29) is 17.4 Å². The normalized spacial score (nSPS) is 21.4. The highest BCUT2D eigenvalue weighted by molar-refractivity contribution is 5.35. The number of hydrogen-bond donors (Lipinski definition) is 0. The Bertz CT molecular complexity index is 448. The van der Waals surface area contributed by atoms with Crippen molar-refractivity contribution in [3.63, 3.8) is 0 Å². The van der Waals surface area contributed by atoms with Crippen LogP contribution in [0.4, 0.5) is 13.2 Å². The van der Waals surface area contributed by atoms with Crippen LogP contribution >= 0.6 is 0 Å². The molecule has 1 aromatic rings. The maximum absolute atomic E-state index is 13.1. The summed E-state index contributed by atoms with van der Waals surface area (Å²) in [5, 5.41) is 0. The predicted octanol–water partition coefficient (Wildman–Crippen LogP) is 2.92. The minimum atomic E-state index is -4.37. The second-order valence-corrected chi connectivity index (χ2v) is 4.91. The Morgan fingerprint density at radius 3 is 2.74 bits per heavy atom. The number of methoxy groups -OCH3 is 1. The minimum absolute atomic E-state index is 0.000221. The number of piperidine rings is 1. The molecule has 0 aliphatic carbocycles. The van der Waals surface area contributed by atoms with Gasteiger partial charge in [-0.1, -0.05) is 0 Å². The van der Waals surface area contributed by atoms with Crippen molar-refractivity contribution in [3.05, 3.63) is 23.4 Å². The molecule has 1 aromatic heterocycles. The van der Waals surface area contributed by atoms with E-state index >= 15 is 0 Å². The first-order chi connectivity index (χ1) is 8.91. The topological polar surface area (TPSA) is 25.4 Å². The summed E-state index contributed by atoms with van der Waals surface area (Å²) in [4.78, 5) is 5.98. The van der Waals surface area contributed by atoms with Gasteiger partial charge in [0.2, 0.25) is 5.88 Å². The lowest BCUT2D eigenvalue weighted by molar-refractivity contribution is -0.138. The first kappa shape index (κ1) is 14.1. The maximum atomic E-state index is 13.1. The smallest absolute Gasteiger partial charge is 0.416 e. The summed E-state index contributed by atoms with van der Waals surface area (Å²) in [5.74, 6) is -0.117. The Balaban J connectivity index is 2.38. The van der Waals surface area contributed by atoms with E-state index in [1.165, 1.54) is 13.3 Å². The van der Waals surface area contributed by atoms with E-state index in [1.54, 1.807) is 0 Å². The van der Waals surface area contributed by atoms with Gasteiger partial charge < -0.3 is 9.64 Å². The van der Waals surface area contributed by atoms with E-state index in [2.05, 4.69) is 9.88 Å². The van der Waals surface area contributed by atoms with Crippen molar-refractivity contribution >= 4 is 0 Å². The highest BCUT2D eigenvalue weighted by Gasteiger charge is 2.36. The molecule has 0 aromatic carbocycles. The van der Waals surface area contributed by atoms with Gasteiger partial charge in [-0.15, -0.1) is 0 Å². The van der Waals surface area contributed by atoms with Crippen LogP contribution in [0.25, 0.3) is 0 Å². The molecule has 0 bridgehead atoms. The van der Waals surface area contributed by atoms with E-state index < -0.39 is 11.7 Å².